The van der Waals surface area contributed by atoms with E-state index < -0.39 is 28.0 Å². The van der Waals surface area contributed by atoms with Gasteiger partial charge in [0.1, 0.15) is 5.56 Å². The van der Waals surface area contributed by atoms with E-state index in [2.05, 4.69) is 10.6 Å². The second-order valence-electron chi connectivity index (χ2n) is 10.7. The molecule has 0 spiro atoms. The SMILES string of the molecule is C[C@@H]1CCn2nc(C3CCN(S(C)(=O)=O)CC3)c(C(=O)N[C@H]3N=C(c4ccccc4)c4ccccc4NC3=O)c2O1. The number of para-hydroxylation sites is 1. The lowest BCUT2D eigenvalue weighted by Crippen LogP contribution is -2.43. The fraction of sp³-hybridized carbons (Fsp3) is 0.379. The molecular weight excluding hydrogens is 544 g/mol. The average Bonchev–Trinajstić information content (AvgIpc) is 3.27. The lowest BCUT2D eigenvalue weighted by atomic mass is 9.92. The van der Waals surface area contributed by atoms with Crippen LogP contribution in [0, 0.1) is 0 Å². The molecule has 6 rings (SSSR count). The Balaban J connectivity index is 1.35. The van der Waals surface area contributed by atoms with Gasteiger partial charge in [0.25, 0.3) is 11.8 Å². The van der Waals surface area contributed by atoms with E-state index in [1.54, 1.807) is 10.7 Å². The maximum Gasteiger partial charge on any atom is 0.269 e. The third kappa shape index (κ3) is 5.36. The number of ether oxygens (including phenoxy) is 1. The van der Waals surface area contributed by atoms with Gasteiger partial charge in [-0.05, 0) is 25.8 Å². The highest BCUT2D eigenvalue weighted by atomic mass is 32.2. The largest absolute Gasteiger partial charge is 0.474 e. The maximum absolute atomic E-state index is 14.0. The molecule has 0 unspecified atom stereocenters. The number of carbonyl (C=O) groups is 2. The number of amides is 2. The number of rotatable bonds is 5. The van der Waals surface area contributed by atoms with Crippen molar-refractivity contribution in [3.8, 4) is 5.88 Å². The van der Waals surface area contributed by atoms with Gasteiger partial charge in [-0.25, -0.2) is 22.4 Å². The normalized spacial score (nSPS) is 21.5. The molecular formula is C29H32N6O5S. The number of fused-ring (bicyclic) bond motifs is 2. The van der Waals surface area contributed by atoms with Crippen molar-refractivity contribution in [3.63, 3.8) is 0 Å². The second kappa shape index (κ2) is 10.7. The molecule has 0 bridgehead atoms. The quantitative estimate of drug-likeness (QED) is 0.480. The predicted molar refractivity (Wildman–Crippen MR) is 154 cm³/mol. The van der Waals surface area contributed by atoms with Gasteiger partial charge in [0.2, 0.25) is 22.1 Å². The van der Waals surface area contributed by atoms with Gasteiger partial charge in [-0.3, -0.25) is 9.59 Å². The van der Waals surface area contributed by atoms with Gasteiger partial charge < -0.3 is 15.4 Å². The van der Waals surface area contributed by atoms with Crippen molar-refractivity contribution in [3.05, 3.63) is 77.0 Å². The molecule has 4 heterocycles. The van der Waals surface area contributed by atoms with Gasteiger partial charge in [0.15, 0.2) is 0 Å². The van der Waals surface area contributed by atoms with E-state index in [1.807, 2.05) is 55.5 Å². The van der Waals surface area contributed by atoms with Crippen LogP contribution in [0.4, 0.5) is 5.69 Å². The predicted octanol–water partition coefficient (Wildman–Crippen LogP) is 2.74. The van der Waals surface area contributed by atoms with Gasteiger partial charge in [0, 0.05) is 43.1 Å². The van der Waals surface area contributed by atoms with E-state index in [1.165, 1.54) is 10.6 Å². The molecule has 1 fully saturated rings. The maximum atomic E-state index is 14.0. The van der Waals surface area contributed by atoms with E-state index in [0.29, 0.717) is 55.4 Å². The Morgan fingerprint density at radius 3 is 2.46 bits per heavy atom. The van der Waals surface area contributed by atoms with Crippen LogP contribution in [-0.4, -0.2) is 71.6 Å². The number of aliphatic imine (C=N–C) groups is 1. The van der Waals surface area contributed by atoms with Crippen molar-refractivity contribution in [1.29, 1.82) is 0 Å². The molecule has 2 N–H and O–H groups in total. The third-order valence-electron chi connectivity index (χ3n) is 7.79. The van der Waals surface area contributed by atoms with Crippen molar-refractivity contribution in [2.24, 2.45) is 4.99 Å². The smallest absolute Gasteiger partial charge is 0.269 e. The van der Waals surface area contributed by atoms with Crippen LogP contribution in [0.2, 0.25) is 0 Å². The Morgan fingerprint density at radius 1 is 1.02 bits per heavy atom. The summed E-state index contributed by atoms with van der Waals surface area (Å²) in [6.07, 6.45) is 1.68. The zero-order valence-electron chi connectivity index (χ0n) is 22.9. The zero-order chi connectivity index (χ0) is 28.7. The first-order valence-electron chi connectivity index (χ1n) is 13.8. The minimum absolute atomic E-state index is 0.107. The summed E-state index contributed by atoms with van der Waals surface area (Å²) in [5, 5.41) is 10.5. The lowest BCUT2D eigenvalue weighted by Gasteiger charge is -2.29. The van der Waals surface area contributed by atoms with Crippen LogP contribution in [0.25, 0.3) is 0 Å². The summed E-state index contributed by atoms with van der Waals surface area (Å²) in [6, 6.07) is 16.9. The van der Waals surface area contributed by atoms with Gasteiger partial charge in [-0.1, -0.05) is 48.5 Å². The fourth-order valence-electron chi connectivity index (χ4n) is 5.63. The highest BCUT2D eigenvalue weighted by Gasteiger charge is 2.37. The molecule has 12 heteroatoms. The van der Waals surface area contributed by atoms with Crippen LogP contribution < -0.4 is 15.4 Å². The Bertz CT molecular complexity index is 1630. The summed E-state index contributed by atoms with van der Waals surface area (Å²) < 4.78 is 33.4. The number of aryl methyl sites for hydroxylation is 1. The van der Waals surface area contributed by atoms with Crippen LogP contribution in [0.3, 0.4) is 0 Å². The van der Waals surface area contributed by atoms with Crippen molar-refractivity contribution < 1.29 is 22.7 Å². The lowest BCUT2D eigenvalue weighted by molar-refractivity contribution is -0.117. The summed E-state index contributed by atoms with van der Waals surface area (Å²) in [6.45, 7) is 3.22. The molecule has 214 valence electrons. The molecule has 1 saturated heterocycles. The second-order valence-corrected chi connectivity index (χ2v) is 12.7. The average molecular weight is 577 g/mol. The first kappa shape index (κ1) is 27.2. The molecule has 0 saturated carbocycles. The monoisotopic (exact) mass is 576 g/mol. The van der Waals surface area contributed by atoms with E-state index in [-0.39, 0.29) is 17.6 Å². The summed E-state index contributed by atoms with van der Waals surface area (Å²) >= 11 is 0. The first-order chi connectivity index (χ1) is 19.7. The topological polar surface area (TPSA) is 135 Å². The highest BCUT2D eigenvalue weighted by Crippen LogP contribution is 2.37. The Hall–Kier alpha value is -4.03. The number of nitrogens with zero attached hydrogens (tertiary/aromatic N) is 4. The minimum Gasteiger partial charge on any atom is -0.474 e. The van der Waals surface area contributed by atoms with Gasteiger partial charge >= 0.3 is 0 Å². The van der Waals surface area contributed by atoms with Crippen molar-refractivity contribution in [1.82, 2.24) is 19.4 Å². The van der Waals surface area contributed by atoms with Crippen LogP contribution in [0.1, 0.15) is 59.3 Å². The summed E-state index contributed by atoms with van der Waals surface area (Å²) in [7, 11) is -3.30. The zero-order valence-corrected chi connectivity index (χ0v) is 23.7. The van der Waals surface area contributed by atoms with Crippen LogP contribution in [0.15, 0.2) is 59.6 Å². The Labute approximate surface area is 238 Å². The standard InChI is InChI=1S/C29H32N6O5S/c1-18-12-17-35-29(40-18)23(25(33-35)20-13-15-34(16-14-20)41(2,38)39)27(36)32-26-28(37)30-22-11-7-6-10-21(22)24(31-26)19-8-4-3-5-9-19/h3-11,18,20,26H,12-17H2,1-2H3,(H,30,37)(H,32,36)/t18-,26-/m1/s1. The number of hydrogen-bond acceptors (Lipinski definition) is 7. The number of aromatic nitrogens is 2. The highest BCUT2D eigenvalue weighted by molar-refractivity contribution is 7.88. The number of benzodiazepines with no additional fused rings is 1. The van der Waals surface area contributed by atoms with E-state index >= 15 is 0 Å². The third-order valence-corrected chi connectivity index (χ3v) is 9.09. The van der Waals surface area contributed by atoms with Gasteiger partial charge in [-0.2, -0.15) is 5.10 Å². The molecule has 3 aliphatic rings. The number of anilines is 1. The first-order valence-corrected chi connectivity index (χ1v) is 15.6. The molecule has 11 nitrogen and oxygen atoms in total. The molecule has 2 aromatic carbocycles. The molecule has 41 heavy (non-hydrogen) atoms. The fourth-order valence-corrected chi connectivity index (χ4v) is 6.50. The summed E-state index contributed by atoms with van der Waals surface area (Å²) in [5.41, 5.74) is 3.59. The van der Waals surface area contributed by atoms with Crippen molar-refractivity contribution in [2.45, 2.75) is 50.9 Å². The number of sulfonamides is 1. The number of carbonyl (C=O) groups excluding carboxylic acids is 2. The van der Waals surface area contributed by atoms with E-state index in [4.69, 9.17) is 14.8 Å². The van der Waals surface area contributed by atoms with Crippen LogP contribution in [0.5, 0.6) is 5.88 Å². The summed E-state index contributed by atoms with van der Waals surface area (Å²) in [5.74, 6) is -0.744. The van der Waals surface area contributed by atoms with E-state index in [9.17, 15) is 18.0 Å². The summed E-state index contributed by atoms with van der Waals surface area (Å²) in [4.78, 5) is 32.1. The minimum atomic E-state index is -3.30. The van der Waals surface area contributed by atoms with Gasteiger partial charge in [0.05, 0.1) is 29.5 Å². The molecule has 3 aromatic rings. The molecule has 0 radical (unpaired) electrons. The van der Waals surface area contributed by atoms with Crippen LogP contribution in [-0.2, 0) is 21.4 Å². The van der Waals surface area contributed by atoms with Crippen LogP contribution >= 0.6 is 0 Å². The van der Waals surface area contributed by atoms with Gasteiger partial charge in [-0.15, -0.1) is 0 Å². The van der Waals surface area contributed by atoms with Crippen molar-refractivity contribution >= 4 is 33.2 Å². The number of piperidine rings is 1. The molecule has 1 aromatic heterocycles. The van der Waals surface area contributed by atoms with E-state index in [0.717, 1.165) is 17.5 Å². The molecule has 2 amide bonds. The number of hydrogen-bond donors (Lipinski definition) is 2. The van der Waals surface area contributed by atoms with Crippen molar-refractivity contribution in [2.75, 3.05) is 24.7 Å². The molecule has 3 aliphatic heterocycles. The number of nitrogens with one attached hydrogen (secondary N) is 2. The molecule has 0 aliphatic carbocycles. The Kier molecular flexibility index (Phi) is 7.12. The number of benzene rings is 2. The Morgan fingerprint density at radius 2 is 1.73 bits per heavy atom. The molecule has 2 atom stereocenters.